The van der Waals surface area contributed by atoms with Gasteiger partial charge in [0.25, 0.3) is 0 Å². The molecule has 0 radical (unpaired) electrons. The smallest absolute Gasteiger partial charge is 0.124 e. The monoisotopic (exact) mass is 239 g/mol. The molecule has 0 heterocycles. The Morgan fingerprint density at radius 3 is 2.94 bits per heavy atom. The van der Waals surface area contributed by atoms with E-state index in [1.807, 2.05) is 6.08 Å². The molecule has 2 N–H and O–H groups in total. The zero-order chi connectivity index (χ0) is 11.5. The van der Waals surface area contributed by atoms with Crippen LogP contribution in [0.1, 0.15) is 31.2 Å². The molecule has 1 nitrogen and oxygen atoms in total. The zero-order valence-corrected chi connectivity index (χ0v) is 9.80. The molecule has 86 valence electrons. The van der Waals surface area contributed by atoms with Crippen LogP contribution in [0.25, 0.3) is 6.08 Å². The van der Waals surface area contributed by atoms with Crippen LogP contribution in [0.4, 0.5) is 4.39 Å². The number of hydrogen-bond acceptors (Lipinski definition) is 1. The average Bonchev–Trinajstić information content (AvgIpc) is 2.22. The summed E-state index contributed by atoms with van der Waals surface area (Å²) >= 11 is 5.97. The van der Waals surface area contributed by atoms with Gasteiger partial charge in [-0.25, -0.2) is 4.39 Å². The molecule has 16 heavy (non-hydrogen) atoms. The minimum Gasteiger partial charge on any atom is -0.327 e. The lowest BCUT2D eigenvalue weighted by Crippen LogP contribution is -2.23. The molecule has 2 rings (SSSR count). The Hall–Kier alpha value is -0.860. The van der Waals surface area contributed by atoms with Crippen molar-refractivity contribution >= 4 is 17.7 Å². The molecule has 0 bridgehead atoms. The summed E-state index contributed by atoms with van der Waals surface area (Å²) in [6.45, 7) is 0. The van der Waals surface area contributed by atoms with Gasteiger partial charge in [0.2, 0.25) is 0 Å². The van der Waals surface area contributed by atoms with Crippen LogP contribution in [0.2, 0.25) is 5.02 Å². The third kappa shape index (κ3) is 2.83. The van der Waals surface area contributed by atoms with Gasteiger partial charge in [0.1, 0.15) is 5.82 Å². The Balaban J connectivity index is 2.21. The predicted molar refractivity (Wildman–Crippen MR) is 65.8 cm³/mol. The first-order valence-corrected chi connectivity index (χ1v) is 5.93. The highest BCUT2D eigenvalue weighted by molar-refractivity contribution is 6.32. The first-order valence-electron chi connectivity index (χ1n) is 5.55. The lowest BCUT2D eigenvalue weighted by molar-refractivity contribution is 0.520. The van der Waals surface area contributed by atoms with Crippen LogP contribution in [0.5, 0.6) is 0 Å². The van der Waals surface area contributed by atoms with E-state index in [1.165, 1.54) is 17.7 Å². The van der Waals surface area contributed by atoms with Crippen molar-refractivity contribution in [2.75, 3.05) is 0 Å². The topological polar surface area (TPSA) is 26.0 Å². The zero-order valence-electron chi connectivity index (χ0n) is 9.05. The van der Waals surface area contributed by atoms with Crippen molar-refractivity contribution in [2.24, 2.45) is 5.73 Å². The van der Waals surface area contributed by atoms with E-state index in [-0.39, 0.29) is 11.9 Å². The molecule has 0 aliphatic heterocycles. The summed E-state index contributed by atoms with van der Waals surface area (Å²) in [6.07, 6.45) is 6.26. The van der Waals surface area contributed by atoms with Gasteiger partial charge in [-0.1, -0.05) is 29.3 Å². The Morgan fingerprint density at radius 1 is 1.44 bits per heavy atom. The first kappa shape index (κ1) is 11.6. The molecular weight excluding hydrogens is 225 g/mol. The van der Waals surface area contributed by atoms with Gasteiger partial charge in [0, 0.05) is 6.04 Å². The van der Waals surface area contributed by atoms with E-state index in [0.29, 0.717) is 5.02 Å². The van der Waals surface area contributed by atoms with E-state index in [9.17, 15) is 4.39 Å². The number of hydrogen-bond donors (Lipinski definition) is 1. The van der Waals surface area contributed by atoms with E-state index in [2.05, 4.69) is 0 Å². The van der Waals surface area contributed by atoms with Crippen LogP contribution in [0.3, 0.4) is 0 Å². The van der Waals surface area contributed by atoms with Crippen molar-refractivity contribution in [3.8, 4) is 0 Å². The maximum atomic E-state index is 12.9. The Kier molecular flexibility index (Phi) is 3.62. The number of halogens is 2. The second-order valence-electron chi connectivity index (χ2n) is 4.32. The maximum Gasteiger partial charge on any atom is 0.124 e. The molecule has 1 aliphatic carbocycles. The van der Waals surface area contributed by atoms with Crippen molar-refractivity contribution in [1.29, 1.82) is 0 Å². The number of nitrogens with two attached hydrogens (primary N) is 1. The molecule has 1 aliphatic rings. The highest BCUT2D eigenvalue weighted by atomic mass is 35.5. The molecule has 0 amide bonds. The van der Waals surface area contributed by atoms with Crippen LogP contribution in [0.15, 0.2) is 23.8 Å². The van der Waals surface area contributed by atoms with E-state index >= 15 is 0 Å². The van der Waals surface area contributed by atoms with Crippen LogP contribution >= 0.6 is 11.6 Å². The fourth-order valence-corrected chi connectivity index (χ4v) is 2.32. The van der Waals surface area contributed by atoms with E-state index < -0.39 is 0 Å². The third-order valence-electron chi connectivity index (χ3n) is 2.92. The molecule has 1 atom stereocenters. The molecule has 0 spiro atoms. The minimum atomic E-state index is -0.299. The molecule has 0 aromatic heterocycles. The SMILES string of the molecule is NC1CCCC(=Cc2ccc(F)cc2Cl)C1. The van der Waals surface area contributed by atoms with Gasteiger partial charge in [0.15, 0.2) is 0 Å². The van der Waals surface area contributed by atoms with Crippen LogP contribution in [0, 0.1) is 5.82 Å². The molecule has 1 aromatic carbocycles. The van der Waals surface area contributed by atoms with Crippen LogP contribution < -0.4 is 5.73 Å². The average molecular weight is 240 g/mol. The van der Waals surface area contributed by atoms with Crippen LogP contribution in [-0.4, -0.2) is 6.04 Å². The Labute approximate surface area is 100 Å². The summed E-state index contributed by atoms with van der Waals surface area (Å²) in [4.78, 5) is 0. The highest BCUT2D eigenvalue weighted by Crippen LogP contribution is 2.27. The quantitative estimate of drug-likeness (QED) is 0.793. The molecular formula is C13H15ClFN. The molecule has 1 fully saturated rings. The van der Waals surface area contributed by atoms with Crippen molar-refractivity contribution < 1.29 is 4.39 Å². The van der Waals surface area contributed by atoms with E-state index in [1.54, 1.807) is 6.07 Å². The Morgan fingerprint density at radius 2 is 2.25 bits per heavy atom. The van der Waals surface area contributed by atoms with Crippen molar-refractivity contribution in [3.63, 3.8) is 0 Å². The molecule has 1 aromatic rings. The predicted octanol–water partition coefficient (Wildman–Crippen LogP) is 3.76. The maximum absolute atomic E-state index is 12.9. The van der Waals surface area contributed by atoms with Gasteiger partial charge in [-0.2, -0.15) is 0 Å². The third-order valence-corrected chi connectivity index (χ3v) is 3.25. The van der Waals surface area contributed by atoms with E-state index in [0.717, 1.165) is 31.2 Å². The lowest BCUT2D eigenvalue weighted by Gasteiger charge is -2.20. The van der Waals surface area contributed by atoms with Gasteiger partial charge < -0.3 is 5.73 Å². The fraction of sp³-hybridized carbons (Fsp3) is 0.385. The van der Waals surface area contributed by atoms with Crippen molar-refractivity contribution in [1.82, 2.24) is 0 Å². The summed E-state index contributed by atoms with van der Waals surface area (Å²) in [5, 5.41) is 0.464. The van der Waals surface area contributed by atoms with E-state index in [4.69, 9.17) is 17.3 Å². The summed E-state index contributed by atoms with van der Waals surface area (Å²) < 4.78 is 12.9. The molecule has 3 heteroatoms. The summed E-state index contributed by atoms with van der Waals surface area (Å²) in [5.41, 5.74) is 8.10. The molecule has 0 saturated heterocycles. The number of rotatable bonds is 1. The van der Waals surface area contributed by atoms with Gasteiger partial charge in [-0.15, -0.1) is 0 Å². The van der Waals surface area contributed by atoms with Crippen molar-refractivity contribution in [2.45, 2.75) is 31.7 Å². The fourth-order valence-electron chi connectivity index (χ4n) is 2.10. The van der Waals surface area contributed by atoms with Crippen molar-refractivity contribution in [3.05, 3.63) is 40.2 Å². The van der Waals surface area contributed by atoms with Crippen LogP contribution in [-0.2, 0) is 0 Å². The Bertz CT molecular complexity index is 414. The minimum absolute atomic E-state index is 0.263. The second-order valence-corrected chi connectivity index (χ2v) is 4.73. The summed E-state index contributed by atoms with van der Waals surface area (Å²) in [6, 6.07) is 4.75. The van der Waals surface area contributed by atoms with Gasteiger partial charge in [0.05, 0.1) is 5.02 Å². The normalized spacial score (nSPS) is 23.7. The first-order chi connectivity index (χ1) is 7.65. The standard InChI is InChI=1S/C13H15ClFN/c14-13-8-11(15)5-4-10(13)6-9-2-1-3-12(16)7-9/h4-6,8,12H,1-3,7,16H2. The second kappa shape index (κ2) is 4.98. The highest BCUT2D eigenvalue weighted by Gasteiger charge is 2.13. The largest absolute Gasteiger partial charge is 0.327 e. The molecule has 1 saturated carbocycles. The molecule has 1 unspecified atom stereocenters. The summed E-state index contributed by atoms with van der Waals surface area (Å²) in [5.74, 6) is -0.299. The van der Waals surface area contributed by atoms with Gasteiger partial charge >= 0.3 is 0 Å². The van der Waals surface area contributed by atoms with Gasteiger partial charge in [-0.3, -0.25) is 0 Å². The summed E-state index contributed by atoms with van der Waals surface area (Å²) in [7, 11) is 0. The number of benzene rings is 1. The lowest BCUT2D eigenvalue weighted by atomic mass is 9.90. The van der Waals surface area contributed by atoms with Gasteiger partial charge in [-0.05, 0) is 43.4 Å².